The molecule has 0 aliphatic rings. The Labute approximate surface area is 96.2 Å². The lowest BCUT2D eigenvalue weighted by atomic mass is 10.2. The Morgan fingerprint density at radius 3 is 2.40 bits per heavy atom. The van der Waals surface area contributed by atoms with E-state index in [9.17, 15) is 0 Å². The van der Waals surface area contributed by atoms with Crippen molar-refractivity contribution >= 4 is 11.6 Å². The van der Waals surface area contributed by atoms with E-state index in [0.29, 0.717) is 19.1 Å². The second-order valence-corrected chi connectivity index (χ2v) is 4.21. The molecule has 3 heteroatoms. The summed E-state index contributed by atoms with van der Waals surface area (Å²) in [7, 11) is 0. The number of ether oxygens (including phenoxy) is 2. The fourth-order valence-electron chi connectivity index (χ4n) is 1.07. The van der Waals surface area contributed by atoms with Gasteiger partial charge in [-0.05, 0) is 30.2 Å². The molecule has 0 spiro atoms. The summed E-state index contributed by atoms with van der Waals surface area (Å²) >= 11 is 5.75. The van der Waals surface area contributed by atoms with Crippen molar-refractivity contribution in [2.75, 3.05) is 19.8 Å². The highest BCUT2D eigenvalue weighted by Gasteiger charge is 1.95. The van der Waals surface area contributed by atoms with E-state index in [4.69, 9.17) is 21.1 Å². The van der Waals surface area contributed by atoms with E-state index in [1.807, 2.05) is 24.3 Å². The molecule has 1 rings (SSSR count). The molecule has 1 aromatic rings. The van der Waals surface area contributed by atoms with Gasteiger partial charge in [-0.15, -0.1) is 0 Å². The molecular weight excluding hydrogens is 212 g/mol. The second kappa shape index (κ2) is 6.70. The molecule has 0 aromatic heterocycles. The van der Waals surface area contributed by atoms with E-state index < -0.39 is 0 Å². The van der Waals surface area contributed by atoms with Crippen molar-refractivity contribution in [1.29, 1.82) is 0 Å². The quantitative estimate of drug-likeness (QED) is 0.695. The number of benzene rings is 1. The molecule has 0 N–H and O–H groups in total. The average molecular weight is 229 g/mol. The monoisotopic (exact) mass is 228 g/mol. The topological polar surface area (TPSA) is 18.5 Å². The molecule has 0 heterocycles. The smallest absolute Gasteiger partial charge is 0.119 e. The van der Waals surface area contributed by atoms with Crippen LogP contribution in [0.25, 0.3) is 0 Å². The van der Waals surface area contributed by atoms with Crippen molar-refractivity contribution in [2.45, 2.75) is 13.8 Å². The molecule has 0 fully saturated rings. The molecule has 0 saturated heterocycles. The Morgan fingerprint density at radius 2 is 1.80 bits per heavy atom. The molecule has 0 amide bonds. The normalized spacial score (nSPS) is 10.7. The van der Waals surface area contributed by atoms with Crippen molar-refractivity contribution in [3.05, 3.63) is 29.3 Å². The lowest BCUT2D eigenvalue weighted by Gasteiger charge is -2.08. The summed E-state index contributed by atoms with van der Waals surface area (Å²) in [5.74, 6) is 1.40. The van der Waals surface area contributed by atoms with Crippen LogP contribution in [0.15, 0.2) is 24.3 Å². The minimum absolute atomic E-state index is 0.570. The summed E-state index contributed by atoms with van der Waals surface area (Å²) in [6.45, 7) is 6.24. The largest absolute Gasteiger partial charge is 0.491 e. The zero-order chi connectivity index (χ0) is 11.1. The number of rotatable bonds is 6. The molecule has 0 radical (unpaired) electrons. The summed E-state index contributed by atoms with van der Waals surface area (Å²) in [5.41, 5.74) is 0. The van der Waals surface area contributed by atoms with Crippen molar-refractivity contribution < 1.29 is 9.47 Å². The minimum atomic E-state index is 0.570. The van der Waals surface area contributed by atoms with Crippen LogP contribution in [0.3, 0.4) is 0 Å². The van der Waals surface area contributed by atoms with Crippen LogP contribution in [0.4, 0.5) is 0 Å². The standard InChI is InChI=1S/C12H17ClO2/c1-10(2)9-14-7-8-15-12-5-3-11(13)4-6-12/h3-6,10H,7-9H2,1-2H3. The van der Waals surface area contributed by atoms with Crippen LogP contribution in [0, 0.1) is 5.92 Å². The SMILES string of the molecule is CC(C)COCCOc1ccc(Cl)cc1. The number of hydrogen-bond acceptors (Lipinski definition) is 2. The molecule has 0 aliphatic heterocycles. The lowest BCUT2D eigenvalue weighted by molar-refractivity contribution is 0.0819. The van der Waals surface area contributed by atoms with E-state index in [0.717, 1.165) is 17.4 Å². The van der Waals surface area contributed by atoms with E-state index >= 15 is 0 Å². The van der Waals surface area contributed by atoms with Gasteiger partial charge >= 0.3 is 0 Å². The van der Waals surface area contributed by atoms with Gasteiger partial charge in [0.1, 0.15) is 12.4 Å². The van der Waals surface area contributed by atoms with Crippen LogP contribution in [0.1, 0.15) is 13.8 Å². The minimum Gasteiger partial charge on any atom is -0.491 e. The number of hydrogen-bond donors (Lipinski definition) is 0. The lowest BCUT2D eigenvalue weighted by Crippen LogP contribution is -2.10. The third-order valence-corrected chi connectivity index (χ3v) is 2.01. The van der Waals surface area contributed by atoms with Crippen LogP contribution in [0.5, 0.6) is 5.75 Å². The maximum atomic E-state index is 5.75. The third kappa shape index (κ3) is 5.65. The summed E-state index contributed by atoms with van der Waals surface area (Å²) < 4.78 is 10.8. The van der Waals surface area contributed by atoms with Crippen molar-refractivity contribution in [1.82, 2.24) is 0 Å². The highest BCUT2D eigenvalue weighted by Crippen LogP contribution is 2.15. The average Bonchev–Trinajstić information content (AvgIpc) is 2.20. The molecule has 0 saturated carbocycles. The van der Waals surface area contributed by atoms with Gasteiger partial charge in [0.05, 0.1) is 6.61 Å². The Hall–Kier alpha value is -0.730. The molecule has 0 bridgehead atoms. The van der Waals surface area contributed by atoms with Gasteiger partial charge in [-0.1, -0.05) is 25.4 Å². The zero-order valence-electron chi connectivity index (χ0n) is 9.20. The zero-order valence-corrected chi connectivity index (χ0v) is 9.96. The molecule has 0 aliphatic carbocycles. The Morgan fingerprint density at radius 1 is 1.13 bits per heavy atom. The summed E-state index contributed by atoms with van der Waals surface area (Å²) in [6, 6.07) is 7.33. The Balaban J connectivity index is 2.12. The molecular formula is C12H17ClO2. The fourth-order valence-corrected chi connectivity index (χ4v) is 1.19. The van der Waals surface area contributed by atoms with Gasteiger partial charge in [0.15, 0.2) is 0 Å². The summed E-state index contributed by atoms with van der Waals surface area (Å²) in [4.78, 5) is 0. The van der Waals surface area contributed by atoms with E-state index in [1.54, 1.807) is 0 Å². The molecule has 1 aromatic carbocycles. The van der Waals surface area contributed by atoms with Gasteiger partial charge in [0.25, 0.3) is 0 Å². The van der Waals surface area contributed by atoms with Crippen molar-refractivity contribution in [3.63, 3.8) is 0 Å². The maximum absolute atomic E-state index is 5.75. The van der Waals surface area contributed by atoms with Crippen LogP contribution < -0.4 is 4.74 Å². The van der Waals surface area contributed by atoms with Crippen LogP contribution >= 0.6 is 11.6 Å². The van der Waals surface area contributed by atoms with Crippen LogP contribution in [-0.2, 0) is 4.74 Å². The van der Waals surface area contributed by atoms with Crippen LogP contribution in [-0.4, -0.2) is 19.8 Å². The fraction of sp³-hybridized carbons (Fsp3) is 0.500. The first-order chi connectivity index (χ1) is 7.18. The molecule has 15 heavy (non-hydrogen) atoms. The summed E-state index contributed by atoms with van der Waals surface area (Å²) in [5, 5.41) is 0.721. The van der Waals surface area contributed by atoms with Gasteiger partial charge in [0, 0.05) is 11.6 Å². The highest BCUT2D eigenvalue weighted by atomic mass is 35.5. The Kier molecular flexibility index (Phi) is 5.51. The van der Waals surface area contributed by atoms with Crippen molar-refractivity contribution in [2.24, 2.45) is 5.92 Å². The van der Waals surface area contributed by atoms with E-state index in [2.05, 4.69) is 13.8 Å². The second-order valence-electron chi connectivity index (χ2n) is 3.77. The third-order valence-electron chi connectivity index (χ3n) is 1.76. The number of halogens is 1. The predicted molar refractivity (Wildman–Crippen MR) is 62.6 cm³/mol. The van der Waals surface area contributed by atoms with Gasteiger partial charge in [-0.3, -0.25) is 0 Å². The van der Waals surface area contributed by atoms with E-state index in [1.165, 1.54) is 0 Å². The molecule has 0 atom stereocenters. The molecule has 2 nitrogen and oxygen atoms in total. The first kappa shape index (κ1) is 12.3. The van der Waals surface area contributed by atoms with Crippen LogP contribution in [0.2, 0.25) is 5.02 Å². The van der Waals surface area contributed by atoms with Gasteiger partial charge in [-0.2, -0.15) is 0 Å². The first-order valence-electron chi connectivity index (χ1n) is 5.14. The predicted octanol–water partition coefficient (Wildman–Crippen LogP) is 3.39. The Bertz CT molecular complexity index is 269. The van der Waals surface area contributed by atoms with E-state index in [-0.39, 0.29) is 0 Å². The first-order valence-corrected chi connectivity index (χ1v) is 5.52. The van der Waals surface area contributed by atoms with Crippen molar-refractivity contribution in [3.8, 4) is 5.75 Å². The van der Waals surface area contributed by atoms with Gasteiger partial charge in [0.2, 0.25) is 0 Å². The maximum Gasteiger partial charge on any atom is 0.119 e. The van der Waals surface area contributed by atoms with Gasteiger partial charge in [-0.25, -0.2) is 0 Å². The highest BCUT2D eigenvalue weighted by molar-refractivity contribution is 6.30. The van der Waals surface area contributed by atoms with Gasteiger partial charge < -0.3 is 9.47 Å². The molecule has 0 unspecified atom stereocenters. The summed E-state index contributed by atoms with van der Waals surface area (Å²) in [6.07, 6.45) is 0. The molecule has 84 valence electrons.